The van der Waals surface area contributed by atoms with Gasteiger partial charge in [0.05, 0.1) is 11.3 Å². The smallest absolute Gasteiger partial charge is 0.273 e. The fourth-order valence-electron chi connectivity index (χ4n) is 3.65. The Labute approximate surface area is 164 Å². The molecule has 0 saturated heterocycles. The molecule has 150 valence electrons. The number of rotatable bonds is 5. The van der Waals surface area contributed by atoms with Crippen LogP contribution in [0.2, 0.25) is 0 Å². The van der Waals surface area contributed by atoms with Crippen LogP contribution in [0.3, 0.4) is 0 Å². The average Bonchev–Trinajstić information content (AvgIpc) is 3.11. The maximum Gasteiger partial charge on any atom is 0.273 e. The molecular formula is C21H27N3O4. The van der Waals surface area contributed by atoms with Gasteiger partial charge in [0.2, 0.25) is 12.3 Å². The number of oxazole rings is 1. The lowest BCUT2D eigenvalue weighted by Crippen LogP contribution is -2.35. The highest BCUT2D eigenvalue weighted by molar-refractivity contribution is 5.94. The molecule has 0 aliphatic heterocycles. The number of nitrogens with one attached hydrogen (secondary N) is 2. The summed E-state index contributed by atoms with van der Waals surface area (Å²) in [6.07, 6.45) is 9.66. The molecule has 0 atom stereocenters. The van der Waals surface area contributed by atoms with Gasteiger partial charge in [-0.05, 0) is 31.9 Å². The van der Waals surface area contributed by atoms with E-state index in [1.807, 2.05) is 0 Å². The highest BCUT2D eigenvalue weighted by Crippen LogP contribution is 2.35. The number of benzene rings is 1. The van der Waals surface area contributed by atoms with E-state index in [0.717, 1.165) is 25.7 Å². The molecule has 1 heterocycles. The van der Waals surface area contributed by atoms with E-state index in [0.29, 0.717) is 17.7 Å². The first-order chi connectivity index (χ1) is 13.6. The first kappa shape index (κ1) is 19.9. The molecule has 2 aromatic rings. The third kappa shape index (κ3) is 4.71. The number of hydrogen-bond acceptors (Lipinski definition) is 5. The second kappa shape index (κ2) is 9.39. The fraction of sp³-hybridized carbons (Fsp3) is 0.476. The molecule has 0 radical (unpaired) electrons. The van der Waals surface area contributed by atoms with Crippen LogP contribution in [-0.4, -0.2) is 28.4 Å². The van der Waals surface area contributed by atoms with Gasteiger partial charge in [-0.1, -0.05) is 44.6 Å². The van der Waals surface area contributed by atoms with Crippen LogP contribution in [0.4, 0.5) is 5.69 Å². The van der Waals surface area contributed by atoms with Crippen LogP contribution in [0.1, 0.15) is 67.6 Å². The average molecular weight is 385 g/mol. The molecule has 3 N–H and O–H groups in total. The van der Waals surface area contributed by atoms with Gasteiger partial charge in [-0.3, -0.25) is 9.59 Å². The Balaban J connectivity index is 1.77. The van der Waals surface area contributed by atoms with Gasteiger partial charge < -0.3 is 20.2 Å². The summed E-state index contributed by atoms with van der Waals surface area (Å²) in [5.74, 6) is 0.130. The van der Waals surface area contributed by atoms with Crippen molar-refractivity contribution in [1.82, 2.24) is 10.3 Å². The van der Waals surface area contributed by atoms with E-state index in [1.165, 1.54) is 25.7 Å². The van der Waals surface area contributed by atoms with Gasteiger partial charge in [0.1, 0.15) is 5.76 Å². The highest BCUT2D eigenvalue weighted by Gasteiger charge is 2.23. The third-order valence-corrected chi connectivity index (χ3v) is 5.18. The lowest BCUT2D eigenvalue weighted by Gasteiger charge is -2.17. The Bertz CT molecular complexity index is 821. The zero-order valence-electron chi connectivity index (χ0n) is 16.2. The Morgan fingerprint density at radius 1 is 1.18 bits per heavy atom. The third-order valence-electron chi connectivity index (χ3n) is 5.18. The molecule has 1 saturated carbocycles. The molecule has 0 spiro atoms. The normalized spacial score (nSPS) is 15.9. The van der Waals surface area contributed by atoms with Crippen molar-refractivity contribution >= 4 is 18.0 Å². The van der Waals surface area contributed by atoms with E-state index in [4.69, 9.17) is 4.42 Å². The number of aromatic hydroxyl groups is 1. The number of anilines is 1. The first-order valence-corrected chi connectivity index (χ1v) is 9.91. The Hall–Kier alpha value is -2.83. The second-order valence-corrected chi connectivity index (χ2v) is 7.26. The number of amides is 2. The first-order valence-electron chi connectivity index (χ1n) is 9.91. The van der Waals surface area contributed by atoms with E-state index in [2.05, 4.69) is 15.6 Å². The maximum absolute atomic E-state index is 12.8. The molecule has 7 nitrogen and oxygen atoms in total. The van der Waals surface area contributed by atoms with Crippen LogP contribution in [0, 0.1) is 6.92 Å². The number of aryl methyl sites for hydroxylation is 1. The van der Waals surface area contributed by atoms with Gasteiger partial charge in [-0.25, -0.2) is 4.98 Å². The lowest BCUT2D eigenvalue weighted by molar-refractivity contribution is -0.105. The summed E-state index contributed by atoms with van der Waals surface area (Å²) >= 11 is 0. The Morgan fingerprint density at radius 2 is 1.86 bits per heavy atom. The number of carbonyl (C=O) groups is 2. The Morgan fingerprint density at radius 3 is 2.54 bits per heavy atom. The van der Waals surface area contributed by atoms with E-state index in [1.54, 1.807) is 25.1 Å². The van der Waals surface area contributed by atoms with Crippen LogP contribution in [0.5, 0.6) is 5.75 Å². The minimum atomic E-state index is -0.251. The van der Waals surface area contributed by atoms with Gasteiger partial charge in [0, 0.05) is 6.04 Å². The van der Waals surface area contributed by atoms with Crippen molar-refractivity contribution in [2.24, 2.45) is 0 Å². The monoisotopic (exact) mass is 385 g/mol. The minimum absolute atomic E-state index is 0.143. The Kier molecular flexibility index (Phi) is 6.68. The molecule has 1 aromatic heterocycles. The fourth-order valence-corrected chi connectivity index (χ4v) is 3.65. The zero-order valence-corrected chi connectivity index (χ0v) is 16.2. The molecule has 1 aliphatic carbocycles. The molecular weight excluding hydrogens is 358 g/mol. The topological polar surface area (TPSA) is 104 Å². The molecule has 3 rings (SSSR count). The molecule has 1 aromatic carbocycles. The van der Waals surface area contributed by atoms with Gasteiger partial charge in [-0.2, -0.15) is 0 Å². The van der Waals surface area contributed by atoms with Gasteiger partial charge >= 0.3 is 0 Å². The van der Waals surface area contributed by atoms with E-state index >= 15 is 0 Å². The standard InChI is InChI=1S/C21H27N3O4/c1-14-18(20(27)23-15-9-6-4-2-3-5-7-10-15)24-21(28-14)16-11-8-12-17(19(16)26)22-13-25/h8,11-13,15,26H,2-7,9-10H2,1H3,(H,22,25)(H,23,27). The van der Waals surface area contributed by atoms with Crippen molar-refractivity contribution in [3.05, 3.63) is 29.7 Å². The van der Waals surface area contributed by atoms with E-state index < -0.39 is 0 Å². The molecule has 2 amide bonds. The summed E-state index contributed by atoms with van der Waals surface area (Å²) in [6.45, 7) is 1.68. The number of hydrogen-bond donors (Lipinski definition) is 3. The van der Waals surface area contributed by atoms with Crippen molar-refractivity contribution in [3.63, 3.8) is 0 Å². The predicted octanol–water partition coefficient (Wildman–Crippen LogP) is 4.16. The van der Waals surface area contributed by atoms with Gasteiger partial charge in [0.15, 0.2) is 11.4 Å². The molecule has 1 aliphatic rings. The number of phenolic OH excluding ortho intramolecular Hbond substituents is 1. The van der Waals surface area contributed by atoms with Crippen LogP contribution < -0.4 is 10.6 Å². The number of para-hydroxylation sites is 1. The lowest BCUT2D eigenvalue weighted by atomic mass is 10.0. The number of nitrogens with zero attached hydrogens (tertiary/aromatic N) is 1. The number of phenols is 1. The quantitative estimate of drug-likeness (QED) is 0.530. The van der Waals surface area contributed by atoms with Crippen LogP contribution >= 0.6 is 0 Å². The predicted molar refractivity (Wildman–Crippen MR) is 106 cm³/mol. The molecule has 0 bridgehead atoms. The summed E-state index contributed by atoms with van der Waals surface area (Å²) in [5.41, 5.74) is 0.791. The minimum Gasteiger partial charge on any atom is -0.505 e. The summed E-state index contributed by atoms with van der Waals surface area (Å²) in [7, 11) is 0. The summed E-state index contributed by atoms with van der Waals surface area (Å²) < 4.78 is 5.64. The van der Waals surface area contributed by atoms with Crippen molar-refractivity contribution in [2.75, 3.05) is 5.32 Å². The molecule has 28 heavy (non-hydrogen) atoms. The van der Waals surface area contributed by atoms with Crippen molar-refractivity contribution in [2.45, 2.75) is 64.3 Å². The number of carbonyl (C=O) groups excluding carboxylic acids is 2. The van der Waals surface area contributed by atoms with Crippen molar-refractivity contribution < 1.29 is 19.1 Å². The maximum atomic E-state index is 12.8. The van der Waals surface area contributed by atoms with Gasteiger partial charge in [-0.15, -0.1) is 0 Å². The molecule has 0 unspecified atom stereocenters. The number of aromatic nitrogens is 1. The highest BCUT2D eigenvalue weighted by atomic mass is 16.4. The van der Waals surface area contributed by atoms with Crippen LogP contribution in [-0.2, 0) is 4.79 Å². The SMILES string of the molecule is Cc1oc(-c2cccc(NC=O)c2O)nc1C(=O)NC1CCCCCCCC1. The van der Waals surface area contributed by atoms with Crippen LogP contribution in [0.25, 0.3) is 11.5 Å². The van der Waals surface area contributed by atoms with E-state index in [-0.39, 0.29) is 35.0 Å². The largest absolute Gasteiger partial charge is 0.505 e. The van der Waals surface area contributed by atoms with Crippen LogP contribution in [0.15, 0.2) is 22.6 Å². The van der Waals surface area contributed by atoms with Crippen molar-refractivity contribution in [1.29, 1.82) is 0 Å². The summed E-state index contributed by atoms with van der Waals surface area (Å²) in [4.78, 5) is 27.7. The molecule has 7 heteroatoms. The second-order valence-electron chi connectivity index (χ2n) is 7.26. The summed E-state index contributed by atoms with van der Waals surface area (Å²) in [6, 6.07) is 5.00. The summed E-state index contributed by atoms with van der Waals surface area (Å²) in [5, 5.41) is 15.9. The van der Waals surface area contributed by atoms with Crippen molar-refractivity contribution in [3.8, 4) is 17.2 Å². The van der Waals surface area contributed by atoms with Gasteiger partial charge in [0.25, 0.3) is 5.91 Å². The zero-order chi connectivity index (χ0) is 19.9. The van der Waals surface area contributed by atoms with E-state index in [9.17, 15) is 14.7 Å². The molecule has 1 fully saturated rings.